The molecule has 1 aliphatic rings. The second-order valence-corrected chi connectivity index (χ2v) is 8.67. The zero-order valence-electron chi connectivity index (χ0n) is 18.7. The maximum atomic E-state index is 13.8. The lowest BCUT2D eigenvalue weighted by molar-refractivity contribution is -0.140. The quantitative estimate of drug-likeness (QED) is 0.177. The number of rotatable bonds is 13. The third kappa shape index (κ3) is 8.13. The average Bonchev–Trinajstić information content (AvgIpc) is 3.08. The number of methoxy groups -OCH3 is 1. The lowest BCUT2D eigenvalue weighted by Gasteiger charge is -2.23. The molecule has 0 aliphatic heterocycles. The minimum Gasteiger partial charge on any atom is -0.469 e. The van der Waals surface area contributed by atoms with Crippen LogP contribution >= 0.6 is 0 Å². The summed E-state index contributed by atoms with van der Waals surface area (Å²) in [7, 11) is 1.38. The molecule has 0 heterocycles. The van der Waals surface area contributed by atoms with Crippen molar-refractivity contribution in [2.75, 3.05) is 7.11 Å². The van der Waals surface area contributed by atoms with E-state index in [0.717, 1.165) is 38.2 Å². The van der Waals surface area contributed by atoms with Gasteiger partial charge in [0.25, 0.3) is 0 Å². The Morgan fingerprint density at radius 1 is 1.19 bits per heavy atom. The molecule has 32 heavy (non-hydrogen) atoms. The van der Waals surface area contributed by atoms with Crippen LogP contribution in [0.5, 0.6) is 0 Å². The Morgan fingerprint density at radius 2 is 1.94 bits per heavy atom. The summed E-state index contributed by atoms with van der Waals surface area (Å²) in [5.41, 5.74) is 0.925. The van der Waals surface area contributed by atoms with Crippen molar-refractivity contribution in [3.63, 3.8) is 0 Å². The third-order valence-corrected chi connectivity index (χ3v) is 6.45. The largest absolute Gasteiger partial charge is 0.469 e. The van der Waals surface area contributed by atoms with Crippen molar-refractivity contribution in [3.8, 4) is 0 Å². The predicted octanol–water partition coefficient (Wildman–Crippen LogP) is 4.38. The summed E-state index contributed by atoms with van der Waals surface area (Å²) in [6.45, 7) is 0. The molecule has 1 aromatic rings. The normalized spacial score (nSPS) is 22.9. The van der Waals surface area contributed by atoms with E-state index in [1.54, 1.807) is 0 Å². The maximum absolute atomic E-state index is 13.8. The van der Waals surface area contributed by atoms with E-state index in [4.69, 9.17) is 0 Å². The van der Waals surface area contributed by atoms with Gasteiger partial charge >= 0.3 is 5.97 Å². The Morgan fingerprint density at radius 3 is 2.62 bits per heavy atom. The molecule has 0 amide bonds. The Bertz CT molecular complexity index is 758. The Kier molecular flexibility index (Phi) is 11.0. The maximum Gasteiger partial charge on any atom is 0.305 e. The smallest absolute Gasteiger partial charge is 0.305 e. The van der Waals surface area contributed by atoms with Crippen LogP contribution in [0, 0.1) is 23.5 Å². The van der Waals surface area contributed by atoms with Crippen LogP contribution in [-0.4, -0.2) is 46.4 Å². The van der Waals surface area contributed by atoms with Gasteiger partial charge in [-0.3, -0.25) is 4.79 Å². The van der Waals surface area contributed by atoms with Gasteiger partial charge in [-0.25, -0.2) is 8.78 Å². The first-order valence-corrected chi connectivity index (χ1v) is 11.4. The molecule has 4 unspecified atom stereocenters. The van der Waals surface area contributed by atoms with Crippen LogP contribution in [0.2, 0.25) is 0 Å². The van der Waals surface area contributed by atoms with Gasteiger partial charge in [0, 0.05) is 24.8 Å². The summed E-state index contributed by atoms with van der Waals surface area (Å²) >= 11 is 0. The molecule has 8 heteroatoms. The molecular weight excluding hydrogens is 420 g/mol. The molecule has 180 valence electrons. The van der Waals surface area contributed by atoms with E-state index in [0.29, 0.717) is 49.8 Å². The molecule has 0 spiro atoms. The lowest BCUT2D eigenvalue weighted by Crippen LogP contribution is -2.22. The molecule has 0 saturated heterocycles. The summed E-state index contributed by atoms with van der Waals surface area (Å²) in [4.78, 5) is 11.1. The molecule has 2 rings (SSSR count). The number of nitrogens with zero attached hydrogens (tertiary/aromatic N) is 1. The number of halogens is 2. The predicted molar refractivity (Wildman–Crippen MR) is 116 cm³/mol. The lowest BCUT2D eigenvalue weighted by atomic mass is 9.84. The van der Waals surface area contributed by atoms with Gasteiger partial charge in [0.15, 0.2) is 0 Å². The first-order chi connectivity index (χ1) is 15.3. The minimum atomic E-state index is -0.670. The molecular formula is C24H35F2NO5. The van der Waals surface area contributed by atoms with Crippen LogP contribution < -0.4 is 0 Å². The van der Waals surface area contributed by atoms with E-state index in [2.05, 4.69) is 9.89 Å². The average molecular weight is 456 g/mol. The number of aryl methyl sites for hydroxylation is 1. The first kappa shape index (κ1) is 26.2. The van der Waals surface area contributed by atoms with Crippen molar-refractivity contribution in [3.05, 3.63) is 35.4 Å². The topological polar surface area (TPSA) is 99.4 Å². The number of carbonyl (C=O) groups excluding carboxylic acids is 1. The number of hydrogen-bond donors (Lipinski definition) is 3. The van der Waals surface area contributed by atoms with Gasteiger partial charge in [-0.1, -0.05) is 30.5 Å². The van der Waals surface area contributed by atoms with Crippen LogP contribution in [0.4, 0.5) is 8.78 Å². The molecule has 0 radical (unpaired) electrons. The summed E-state index contributed by atoms with van der Waals surface area (Å²) in [6.07, 6.45) is 5.42. The van der Waals surface area contributed by atoms with Crippen LogP contribution in [0.1, 0.15) is 69.8 Å². The Hall–Kier alpha value is -2.06. The number of carbonyl (C=O) groups is 1. The van der Waals surface area contributed by atoms with Crippen molar-refractivity contribution < 1.29 is 33.7 Å². The van der Waals surface area contributed by atoms with Crippen LogP contribution in [0.15, 0.2) is 23.4 Å². The molecule has 1 aliphatic carbocycles. The number of esters is 1. The van der Waals surface area contributed by atoms with Crippen molar-refractivity contribution in [1.29, 1.82) is 0 Å². The van der Waals surface area contributed by atoms with E-state index in [9.17, 15) is 29.0 Å². The fourth-order valence-electron chi connectivity index (χ4n) is 4.59. The highest BCUT2D eigenvalue weighted by atomic mass is 19.1. The molecule has 6 nitrogen and oxygen atoms in total. The fourth-order valence-corrected chi connectivity index (χ4v) is 4.59. The molecule has 3 N–H and O–H groups in total. The summed E-state index contributed by atoms with van der Waals surface area (Å²) < 4.78 is 31.4. The second-order valence-electron chi connectivity index (χ2n) is 8.67. The van der Waals surface area contributed by atoms with Crippen molar-refractivity contribution in [2.45, 2.75) is 82.8 Å². The van der Waals surface area contributed by atoms with Crippen LogP contribution in [0.25, 0.3) is 0 Å². The van der Waals surface area contributed by atoms with E-state index in [1.165, 1.54) is 19.2 Å². The molecule has 1 aromatic carbocycles. The number of benzene rings is 1. The van der Waals surface area contributed by atoms with Gasteiger partial charge in [-0.15, -0.1) is 0 Å². The minimum absolute atomic E-state index is 0.0387. The first-order valence-electron chi connectivity index (χ1n) is 11.4. The van der Waals surface area contributed by atoms with Crippen LogP contribution in [0.3, 0.4) is 0 Å². The number of oxime groups is 1. The Labute approximate surface area is 188 Å². The third-order valence-electron chi connectivity index (χ3n) is 6.45. The zero-order valence-corrected chi connectivity index (χ0v) is 18.7. The van der Waals surface area contributed by atoms with Gasteiger partial charge < -0.3 is 20.2 Å². The number of aliphatic hydroxyl groups excluding tert-OH is 2. The molecule has 0 aromatic heterocycles. The van der Waals surface area contributed by atoms with Crippen molar-refractivity contribution >= 4 is 11.7 Å². The summed E-state index contributed by atoms with van der Waals surface area (Å²) in [6, 6.07) is 3.43. The molecule has 1 saturated carbocycles. The summed E-state index contributed by atoms with van der Waals surface area (Å²) in [5, 5.41) is 33.6. The summed E-state index contributed by atoms with van der Waals surface area (Å²) in [5.74, 6) is -1.60. The zero-order chi connectivity index (χ0) is 23.5. The SMILES string of the molecule is COC(=O)CCCCCCC1C(O)C/C(=N/O)C1CCC(O)CCc1ccc(F)cc1F. The highest BCUT2D eigenvalue weighted by molar-refractivity contribution is 5.89. The van der Waals surface area contributed by atoms with E-state index >= 15 is 0 Å². The van der Waals surface area contributed by atoms with Gasteiger partial charge in [0.05, 0.1) is 25.0 Å². The van der Waals surface area contributed by atoms with Crippen molar-refractivity contribution in [2.24, 2.45) is 17.0 Å². The van der Waals surface area contributed by atoms with E-state index in [-0.39, 0.29) is 17.8 Å². The number of ether oxygens (including phenoxy) is 1. The van der Waals surface area contributed by atoms with E-state index in [1.807, 2.05) is 0 Å². The molecule has 4 atom stereocenters. The van der Waals surface area contributed by atoms with E-state index < -0.39 is 23.8 Å². The number of aliphatic hydroxyl groups is 2. The standard InChI is InChI=1S/C24H35F2NO5/c1-32-24(30)7-5-3-2-4-6-20-19(22(27-31)15-23(20)29)13-12-18(28)11-9-16-8-10-17(25)14-21(16)26/h8,10,14,18-20,23,28-29,31H,2-7,9,11-13,15H2,1H3/b27-22-. The number of unbranched alkanes of at least 4 members (excludes halogenated alkanes) is 3. The monoisotopic (exact) mass is 455 g/mol. The second kappa shape index (κ2) is 13.5. The van der Waals surface area contributed by atoms with Gasteiger partial charge in [0.2, 0.25) is 0 Å². The molecule has 0 bridgehead atoms. The van der Waals surface area contributed by atoms with Crippen molar-refractivity contribution in [1.82, 2.24) is 0 Å². The molecule has 1 fully saturated rings. The number of hydrogen-bond acceptors (Lipinski definition) is 6. The van der Waals surface area contributed by atoms with Gasteiger partial charge in [0.1, 0.15) is 11.6 Å². The highest BCUT2D eigenvalue weighted by Crippen LogP contribution is 2.37. The van der Waals surface area contributed by atoms with Crippen LogP contribution in [-0.2, 0) is 16.0 Å². The van der Waals surface area contributed by atoms with Gasteiger partial charge in [-0.05, 0) is 56.1 Å². The Balaban J connectivity index is 1.78. The highest BCUT2D eigenvalue weighted by Gasteiger charge is 2.39. The van der Waals surface area contributed by atoms with Gasteiger partial charge in [-0.2, -0.15) is 0 Å². The fraction of sp³-hybridized carbons (Fsp3) is 0.667.